The van der Waals surface area contributed by atoms with E-state index in [-0.39, 0.29) is 5.54 Å². The normalized spacial score (nSPS) is 34.7. The van der Waals surface area contributed by atoms with Gasteiger partial charge in [-0.2, -0.15) is 0 Å². The van der Waals surface area contributed by atoms with Crippen LogP contribution in [0, 0.1) is 5.92 Å². The van der Waals surface area contributed by atoms with Crippen LogP contribution in [-0.4, -0.2) is 16.6 Å². The quantitative estimate of drug-likeness (QED) is 0.684. The Balaban J connectivity index is 1.90. The lowest BCUT2D eigenvalue weighted by Crippen LogP contribution is -2.46. The molecule has 0 spiro atoms. The lowest BCUT2D eigenvalue weighted by molar-refractivity contribution is 0.206. The number of fused-ring (bicyclic) bond motifs is 2. The molecule has 0 radical (unpaired) electrons. The minimum absolute atomic E-state index is 0.289. The number of anilines is 1. The molecule has 3 aliphatic heterocycles. The van der Waals surface area contributed by atoms with Gasteiger partial charge in [0.25, 0.3) is 0 Å². The molecule has 2 nitrogen and oxygen atoms in total. The van der Waals surface area contributed by atoms with Crippen LogP contribution in [0.3, 0.4) is 0 Å². The SMILES string of the molecule is CC1c2ccccc2N2C=CN3C2C1CC3(C)C. The maximum atomic E-state index is 2.56. The molecule has 1 saturated heterocycles. The summed E-state index contributed by atoms with van der Waals surface area (Å²) in [6.45, 7) is 7.14. The first-order valence-electron chi connectivity index (χ1n) is 6.94. The smallest absolute Gasteiger partial charge is 0.109 e. The second-order valence-electron chi connectivity index (χ2n) is 6.55. The molecule has 3 heterocycles. The number of hydrogen-bond acceptors (Lipinski definition) is 2. The summed E-state index contributed by atoms with van der Waals surface area (Å²) in [6.07, 6.45) is 6.39. The Hall–Kier alpha value is -1.44. The van der Waals surface area contributed by atoms with Gasteiger partial charge < -0.3 is 9.80 Å². The lowest BCUT2D eigenvalue weighted by atomic mass is 9.78. The molecule has 4 rings (SSSR count). The molecule has 0 amide bonds. The van der Waals surface area contributed by atoms with E-state index >= 15 is 0 Å². The van der Waals surface area contributed by atoms with Gasteiger partial charge in [0, 0.05) is 29.5 Å². The summed E-state index contributed by atoms with van der Waals surface area (Å²) in [6, 6.07) is 8.90. The van der Waals surface area contributed by atoms with Crippen molar-refractivity contribution >= 4 is 5.69 Å². The molecule has 18 heavy (non-hydrogen) atoms. The van der Waals surface area contributed by atoms with Crippen LogP contribution in [0.25, 0.3) is 0 Å². The monoisotopic (exact) mass is 240 g/mol. The first-order chi connectivity index (χ1) is 8.59. The maximum Gasteiger partial charge on any atom is 0.109 e. The first kappa shape index (κ1) is 10.5. The molecule has 0 bridgehead atoms. The number of para-hydroxylation sites is 1. The average molecular weight is 240 g/mol. The molecule has 2 heteroatoms. The van der Waals surface area contributed by atoms with Crippen molar-refractivity contribution in [2.24, 2.45) is 5.92 Å². The van der Waals surface area contributed by atoms with Crippen LogP contribution in [0.5, 0.6) is 0 Å². The predicted molar refractivity (Wildman–Crippen MR) is 74.3 cm³/mol. The Bertz CT molecular complexity index is 532. The molecule has 0 aromatic heterocycles. The third-order valence-corrected chi connectivity index (χ3v) is 5.12. The number of benzene rings is 1. The Morgan fingerprint density at radius 2 is 1.94 bits per heavy atom. The Labute approximate surface area is 109 Å². The fourth-order valence-electron chi connectivity index (χ4n) is 4.21. The molecule has 3 unspecified atom stereocenters. The van der Waals surface area contributed by atoms with E-state index in [0.29, 0.717) is 12.1 Å². The fraction of sp³-hybridized carbons (Fsp3) is 0.500. The topological polar surface area (TPSA) is 6.48 Å². The average Bonchev–Trinajstić information content (AvgIpc) is 2.89. The van der Waals surface area contributed by atoms with Crippen LogP contribution in [0.15, 0.2) is 36.7 Å². The molecule has 94 valence electrons. The summed E-state index contributed by atoms with van der Waals surface area (Å²) in [5, 5.41) is 0. The molecule has 3 atom stereocenters. The minimum Gasteiger partial charge on any atom is -0.350 e. The Kier molecular flexibility index (Phi) is 1.81. The van der Waals surface area contributed by atoms with Gasteiger partial charge in [-0.3, -0.25) is 0 Å². The van der Waals surface area contributed by atoms with Gasteiger partial charge in [0.1, 0.15) is 6.17 Å². The predicted octanol–water partition coefficient (Wildman–Crippen LogP) is 3.52. The van der Waals surface area contributed by atoms with E-state index in [4.69, 9.17) is 0 Å². The van der Waals surface area contributed by atoms with E-state index in [1.807, 2.05) is 0 Å². The van der Waals surface area contributed by atoms with Crippen molar-refractivity contribution in [2.75, 3.05) is 4.90 Å². The van der Waals surface area contributed by atoms with Gasteiger partial charge >= 0.3 is 0 Å². The number of hydrogen-bond donors (Lipinski definition) is 0. The van der Waals surface area contributed by atoms with Crippen LogP contribution < -0.4 is 4.90 Å². The van der Waals surface area contributed by atoms with Crippen molar-refractivity contribution in [3.8, 4) is 0 Å². The summed E-state index contributed by atoms with van der Waals surface area (Å²) >= 11 is 0. The molecule has 1 aromatic rings. The van der Waals surface area contributed by atoms with Crippen molar-refractivity contribution in [1.29, 1.82) is 0 Å². The minimum atomic E-state index is 0.289. The molecule has 3 aliphatic rings. The standard InChI is InChI=1S/C16H20N2/c1-11-12-6-4-5-7-14(12)17-8-9-18-15(17)13(11)10-16(18,2)3/h4-9,11,13,15H,10H2,1-3H3. The second-order valence-corrected chi connectivity index (χ2v) is 6.55. The van der Waals surface area contributed by atoms with Crippen molar-refractivity contribution in [1.82, 2.24) is 4.90 Å². The van der Waals surface area contributed by atoms with E-state index in [0.717, 1.165) is 5.92 Å². The summed E-state index contributed by atoms with van der Waals surface area (Å²) in [5.41, 5.74) is 3.21. The highest BCUT2D eigenvalue weighted by Gasteiger charge is 2.53. The van der Waals surface area contributed by atoms with Gasteiger partial charge in [-0.1, -0.05) is 25.1 Å². The van der Waals surface area contributed by atoms with Crippen LogP contribution >= 0.6 is 0 Å². The van der Waals surface area contributed by atoms with Crippen LogP contribution in [0.1, 0.15) is 38.7 Å². The van der Waals surface area contributed by atoms with E-state index in [9.17, 15) is 0 Å². The molecule has 0 saturated carbocycles. The molecule has 0 N–H and O–H groups in total. The Morgan fingerprint density at radius 1 is 1.17 bits per heavy atom. The van der Waals surface area contributed by atoms with Crippen molar-refractivity contribution in [2.45, 2.75) is 44.8 Å². The summed E-state index contributed by atoms with van der Waals surface area (Å²) in [4.78, 5) is 5.04. The largest absolute Gasteiger partial charge is 0.350 e. The van der Waals surface area contributed by atoms with Gasteiger partial charge in [-0.15, -0.1) is 0 Å². The van der Waals surface area contributed by atoms with Crippen LogP contribution in [-0.2, 0) is 0 Å². The van der Waals surface area contributed by atoms with E-state index < -0.39 is 0 Å². The van der Waals surface area contributed by atoms with E-state index in [1.54, 1.807) is 0 Å². The highest BCUT2D eigenvalue weighted by molar-refractivity contribution is 5.62. The second kappa shape index (κ2) is 3.11. The van der Waals surface area contributed by atoms with Gasteiger partial charge in [0.05, 0.1) is 0 Å². The van der Waals surface area contributed by atoms with Crippen molar-refractivity contribution in [3.63, 3.8) is 0 Å². The highest BCUT2D eigenvalue weighted by atomic mass is 15.4. The zero-order valence-electron chi connectivity index (χ0n) is 11.3. The molecule has 1 fully saturated rings. The van der Waals surface area contributed by atoms with E-state index in [2.05, 4.69) is 67.2 Å². The zero-order chi connectivity index (χ0) is 12.5. The molecular formula is C16H20N2. The van der Waals surface area contributed by atoms with Gasteiger partial charge in [-0.05, 0) is 37.8 Å². The van der Waals surface area contributed by atoms with Crippen LogP contribution in [0.4, 0.5) is 5.69 Å². The third-order valence-electron chi connectivity index (χ3n) is 5.12. The highest BCUT2D eigenvalue weighted by Crippen LogP contribution is 2.54. The summed E-state index contributed by atoms with van der Waals surface area (Å²) in [5.74, 6) is 1.40. The zero-order valence-corrected chi connectivity index (χ0v) is 11.3. The molecular weight excluding hydrogens is 220 g/mol. The lowest BCUT2D eigenvalue weighted by Gasteiger charge is -2.41. The molecule has 0 aliphatic carbocycles. The number of nitrogens with zero attached hydrogens (tertiary/aromatic N) is 2. The van der Waals surface area contributed by atoms with Crippen molar-refractivity contribution < 1.29 is 0 Å². The van der Waals surface area contributed by atoms with Crippen molar-refractivity contribution in [3.05, 3.63) is 42.2 Å². The summed E-state index contributed by atoms with van der Waals surface area (Å²) < 4.78 is 0. The van der Waals surface area contributed by atoms with Gasteiger partial charge in [-0.25, -0.2) is 0 Å². The maximum absolute atomic E-state index is 2.56. The van der Waals surface area contributed by atoms with Gasteiger partial charge in [0.2, 0.25) is 0 Å². The first-order valence-corrected chi connectivity index (χ1v) is 6.94. The number of rotatable bonds is 0. The summed E-state index contributed by atoms with van der Waals surface area (Å²) in [7, 11) is 0. The Morgan fingerprint density at radius 3 is 2.78 bits per heavy atom. The fourth-order valence-corrected chi connectivity index (χ4v) is 4.21. The third kappa shape index (κ3) is 1.09. The molecule has 1 aromatic carbocycles. The van der Waals surface area contributed by atoms with E-state index in [1.165, 1.54) is 17.7 Å². The van der Waals surface area contributed by atoms with Crippen LogP contribution in [0.2, 0.25) is 0 Å². The van der Waals surface area contributed by atoms with Gasteiger partial charge in [0.15, 0.2) is 0 Å².